The minimum atomic E-state index is -0.502. The normalized spacial score (nSPS) is 18.5. The first-order chi connectivity index (χ1) is 8.86. The third kappa shape index (κ3) is 3.60. The summed E-state index contributed by atoms with van der Waals surface area (Å²) in [5, 5.41) is 9.17. The van der Waals surface area contributed by atoms with Crippen LogP contribution in [0.1, 0.15) is 33.6 Å². The van der Waals surface area contributed by atoms with E-state index in [1.807, 2.05) is 0 Å². The van der Waals surface area contributed by atoms with Gasteiger partial charge in [0.05, 0.1) is 0 Å². The van der Waals surface area contributed by atoms with Gasteiger partial charge in [0.1, 0.15) is 11.9 Å². The summed E-state index contributed by atoms with van der Waals surface area (Å²) in [6.45, 7) is 8.54. The van der Waals surface area contributed by atoms with Gasteiger partial charge < -0.3 is 9.84 Å². The molecule has 1 aliphatic rings. The Morgan fingerprint density at radius 2 is 1.89 bits per heavy atom. The number of nitrogens with zero attached hydrogens (tertiary/aromatic N) is 1. The summed E-state index contributed by atoms with van der Waals surface area (Å²) in [7, 11) is 0. The van der Waals surface area contributed by atoms with E-state index >= 15 is 0 Å². The van der Waals surface area contributed by atoms with Crippen LogP contribution in [0.2, 0.25) is 0 Å². The number of benzene rings is 1. The maximum Gasteiger partial charge on any atom is 0.168 e. The topological polar surface area (TPSA) is 32.7 Å². The number of aromatic hydroxyl groups is 1. The summed E-state index contributed by atoms with van der Waals surface area (Å²) in [6.07, 6.45) is 1.85. The van der Waals surface area contributed by atoms with E-state index in [0.717, 1.165) is 32.0 Å². The van der Waals surface area contributed by atoms with E-state index in [4.69, 9.17) is 9.84 Å². The molecule has 1 aromatic rings. The van der Waals surface area contributed by atoms with Crippen molar-refractivity contribution in [3.8, 4) is 11.5 Å². The third-order valence-corrected chi connectivity index (χ3v) is 3.60. The Morgan fingerprint density at radius 3 is 2.42 bits per heavy atom. The van der Waals surface area contributed by atoms with Gasteiger partial charge in [0.15, 0.2) is 11.6 Å². The Labute approximate surface area is 114 Å². The monoisotopic (exact) mass is 267 g/mol. The van der Waals surface area contributed by atoms with Gasteiger partial charge in [0.25, 0.3) is 0 Å². The van der Waals surface area contributed by atoms with Gasteiger partial charge in [0.2, 0.25) is 0 Å². The highest BCUT2D eigenvalue weighted by atomic mass is 19.1. The zero-order valence-corrected chi connectivity index (χ0v) is 11.8. The van der Waals surface area contributed by atoms with Crippen LogP contribution in [0.5, 0.6) is 11.5 Å². The lowest BCUT2D eigenvalue weighted by Crippen LogP contribution is -2.48. The third-order valence-electron chi connectivity index (χ3n) is 3.60. The molecule has 4 heteroatoms. The molecule has 0 amide bonds. The highest BCUT2D eigenvalue weighted by Gasteiger charge is 2.28. The zero-order valence-electron chi connectivity index (χ0n) is 11.8. The Balaban J connectivity index is 1.92. The highest BCUT2D eigenvalue weighted by Crippen LogP contribution is 2.26. The average molecular weight is 267 g/mol. The largest absolute Gasteiger partial charge is 0.508 e. The average Bonchev–Trinajstić information content (AvgIpc) is 2.32. The summed E-state index contributed by atoms with van der Waals surface area (Å²) in [6, 6.07) is 4.02. The van der Waals surface area contributed by atoms with E-state index in [1.54, 1.807) is 0 Å². The molecule has 19 heavy (non-hydrogen) atoms. The number of phenols is 1. The van der Waals surface area contributed by atoms with Crippen molar-refractivity contribution in [3.05, 3.63) is 24.0 Å². The molecule has 2 rings (SSSR count). The smallest absolute Gasteiger partial charge is 0.168 e. The van der Waals surface area contributed by atoms with Gasteiger partial charge in [-0.2, -0.15) is 0 Å². The molecule has 0 aliphatic carbocycles. The van der Waals surface area contributed by atoms with Crippen molar-refractivity contribution < 1.29 is 14.2 Å². The molecular weight excluding hydrogens is 245 g/mol. The Hall–Kier alpha value is -1.29. The van der Waals surface area contributed by atoms with E-state index < -0.39 is 5.82 Å². The summed E-state index contributed by atoms with van der Waals surface area (Å²) in [4.78, 5) is 2.42. The van der Waals surface area contributed by atoms with Crippen LogP contribution in [0.3, 0.4) is 0 Å². The standard InChI is InChI=1S/C15H22FNO2/c1-15(2,3)17-8-6-12(7-9-17)19-14-5-4-11(18)10-13(14)16/h4-5,10,12,18H,6-9H2,1-3H3. The molecule has 0 atom stereocenters. The number of piperidine rings is 1. The summed E-state index contributed by atoms with van der Waals surface area (Å²) < 4.78 is 19.3. The van der Waals surface area contributed by atoms with E-state index in [0.29, 0.717) is 0 Å². The SMILES string of the molecule is CC(C)(C)N1CCC(Oc2ccc(O)cc2F)CC1. The molecule has 0 spiro atoms. The fraction of sp³-hybridized carbons (Fsp3) is 0.600. The van der Waals surface area contributed by atoms with Crippen LogP contribution >= 0.6 is 0 Å². The number of phenolic OH excluding ortho intramolecular Hbond substituents is 1. The molecule has 3 nitrogen and oxygen atoms in total. The van der Waals surface area contributed by atoms with E-state index in [2.05, 4.69) is 25.7 Å². The van der Waals surface area contributed by atoms with Crippen molar-refractivity contribution in [2.24, 2.45) is 0 Å². The van der Waals surface area contributed by atoms with Gasteiger partial charge in [0, 0.05) is 24.7 Å². The molecular formula is C15H22FNO2. The quantitative estimate of drug-likeness (QED) is 0.893. The predicted octanol–water partition coefficient (Wildman–Crippen LogP) is 3.17. The maximum absolute atomic E-state index is 13.6. The number of ether oxygens (including phenoxy) is 1. The minimum Gasteiger partial charge on any atom is -0.508 e. The summed E-state index contributed by atoms with van der Waals surface area (Å²) >= 11 is 0. The second-order valence-electron chi connectivity index (χ2n) is 6.09. The molecule has 1 aromatic carbocycles. The maximum atomic E-state index is 13.6. The number of halogens is 1. The van der Waals surface area contributed by atoms with Crippen molar-refractivity contribution in [1.29, 1.82) is 0 Å². The van der Waals surface area contributed by atoms with Gasteiger partial charge in [-0.15, -0.1) is 0 Å². The van der Waals surface area contributed by atoms with E-state index in [9.17, 15) is 4.39 Å². The van der Waals surface area contributed by atoms with Crippen LogP contribution in [0.25, 0.3) is 0 Å². The first-order valence-electron chi connectivity index (χ1n) is 6.76. The Morgan fingerprint density at radius 1 is 1.26 bits per heavy atom. The van der Waals surface area contributed by atoms with Crippen molar-refractivity contribution >= 4 is 0 Å². The first kappa shape index (κ1) is 14.1. The number of hydrogen-bond acceptors (Lipinski definition) is 3. The summed E-state index contributed by atoms with van der Waals surface area (Å²) in [5.41, 5.74) is 0.175. The molecule has 1 aliphatic heterocycles. The lowest BCUT2D eigenvalue weighted by Gasteiger charge is -2.40. The Kier molecular flexibility index (Phi) is 3.99. The van der Waals surface area contributed by atoms with Crippen molar-refractivity contribution in [2.45, 2.75) is 45.3 Å². The van der Waals surface area contributed by atoms with Crippen molar-refractivity contribution in [2.75, 3.05) is 13.1 Å². The van der Waals surface area contributed by atoms with Crippen LogP contribution in [-0.2, 0) is 0 Å². The lowest BCUT2D eigenvalue weighted by atomic mass is 9.99. The fourth-order valence-corrected chi connectivity index (χ4v) is 2.41. The molecule has 0 saturated carbocycles. The highest BCUT2D eigenvalue weighted by molar-refractivity contribution is 5.32. The molecule has 0 aromatic heterocycles. The van der Waals surface area contributed by atoms with Gasteiger partial charge in [-0.05, 0) is 45.7 Å². The molecule has 1 saturated heterocycles. The van der Waals surface area contributed by atoms with E-state index in [-0.39, 0.29) is 23.1 Å². The fourth-order valence-electron chi connectivity index (χ4n) is 2.41. The van der Waals surface area contributed by atoms with Gasteiger partial charge in [-0.3, -0.25) is 4.90 Å². The molecule has 0 unspecified atom stereocenters. The first-order valence-corrected chi connectivity index (χ1v) is 6.76. The van der Waals surface area contributed by atoms with Crippen molar-refractivity contribution in [1.82, 2.24) is 4.90 Å². The van der Waals surface area contributed by atoms with Gasteiger partial charge in [-0.1, -0.05) is 0 Å². The Bertz CT molecular complexity index is 434. The second kappa shape index (κ2) is 5.37. The predicted molar refractivity (Wildman–Crippen MR) is 73.0 cm³/mol. The minimum absolute atomic E-state index is 0.0534. The van der Waals surface area contributed by atoms with E-state index in [1.165, 1.54) is 12.1 Å². The number of hydrogen-bond donors (Lipinski definition) is 1. The molecule has 106 valence electrons. The van der Waals surface area contributed by atoms with Crippen LogP contribution in [0.15, 0.2) is 18.2 Å². The van der Waals surface area contributed by atoms with Crippen molar-refractivity contribution in [3.63, 3.8) is 0 Å². The lowest BCUT2D eigenvalue weighted by molar-refractivity contribution is 0.0474. The van der Waals surface area contributed by atoms with Gasteiger partial charge in [-0.25, -0.2) is 4.39 Å². The van der Waals surface area contributed by atoms with Crippen LogP contribution in [0.4, 0.5) is 4.39 Å². The molecule has 1 N–H and O–H groups in total. The molecule has 1 heterocycles. The molecule has 1 fully saturated rings. The number of likely N-dealkylation sites (tertiary alicyclic amines) is 1. The zero-order chi connectivity index (χ0) is 14.0. The van der Waals surface area contributed by atoms with Crippen LogP contribution in [-0.4, -0.2) is 34.7 Å². The second-order valence-corrected chi connectivity index (χ2v) is 6.09. The summed E-state index contributed by atoms with van der Waals surface area (Å²) in [5.74, 6) is -0.349. The number of rotatable bonds is 2. The van der Waals surface area contributed by atoms with Gasteiger partial charge >= 0.3 is 0 Å². The van der Waals surface area contributed by atoms with Crippen LogP contribution < -0.4 is 4.74 Å². The molecule has 0 radical (unpaired) electrons. The molecule has 0 bridgehead atoms. The van der Waals surface area contributed by atoms with Crippen LogP contribution in [0, 0.1) is 5.82 Å².